The summed E-state index contributed by atoms with van der Waals surface area (Å²) in [5, 5.41) is 16.6. The highest BCUT2D eigenvalue weighted by Gasteiger charge is 2.14. The first-order valence-corrected chi connectivity index (χ1v) is 5.53. The highest BCUT2D eigenvalue weighted by molar-refractivity contribution is 5.66. The lowest BCUT2D eigenvalue weighted by Gasteiger charge is -2.17. The van der Waals surface area contributed by atoms with E-state index in [4.69, 9.17) is 5.11 Å². The molecule has 0 aliphatic carbocycles. The molecule has 5 nitrogen and oxygen atoms in total. The van der Waals surface area contributed by atoms with Crippen LogP contribution in [0, 0.1) is 0 Å². The van der Waals surface area contributed by atoms with Crippen molar-refractivity contribution in [3.05, 3.63) is 11.9 Å². The summed E-state index contributed by atoms with van der Waals surface area (Å²) in [6.07, 6.45) is 4.49. The number of aryl methyl sites for hydroxylation is 1. The van der Waals surface area contributed by atoms with Gasteiger partial charge >= 0.3 is 5.97 Å². The Morgan fingerprint density at radius 3 is 2.62 bits per heavy atom. The van der Waals surface area contributed by atoms with Gasteiger partial charge in [-0.1, -0.05) is 5.21 Å². The molecule has 0 bridgehead atoms. The molecular weight excluding hydrogens is 206 g/mol. The molecule has 1 rings (SSSR count). The van der Waals surface area contributed by atoms with Crippen molar-refractivity contribution < 1.29 is 9.90 Å². The van der Waals surface area contributed by atoms with E-state index in [1.807, 2.05) is 10.9 Å². The molecule has 0 spiro atoms. The number of carboxylic acids is 1. The summed E-state index contributed by atoms with van der Waals surface area (Å²) < 4.78 is 1.83. The van der Waals surface area contributed by atoms with E-state index in [9.17, 15) is 4.79 Å². The van der Waals surface area contributed by atoms with Crippen LogP contribution in [0.1, 0.15) is 45.7 Å². The van der Waals surface area contributed by atoms with Crippen LogP contribution in [0.4, 0.5) is 0 Å². The largest absolute Gasteiger partial charge is 0.481 e. The molecule has 0 aliphatic heterocycles. The first-order valence-electron chi connectivity index (χ1n) is 5.53. The van der Waals surface area contributed by atoms with Crippen LogP contribution in [0.2, 0.25) is 0 Å². The van der Waals surface area contributed by atoms with E-state index >= 15 is 0 Å². The summed E-state index contributed by atoms with van der Waals surface area (Å²) in [6.45, 7) is 6.20. The number of hydrogen-bond donors (Lipinski definition) is 1. The summed E-state index contributed by atoms with van der Waals surface area (Å²) in [5.74, 6) is -0.738. The number of aromatic nitrogens is 3. The fourth-order valence-corrected chi connectivity index (χ4v) is 1.32. The Morgan fingerprint density at radius 2 is 2.12 bits per heavy atom. The van der Waals surface area contributed by atoms with Gasteiger partial charge in [-0.05, 0) is 40.0 Å². The Morgan fingerprint density at radius 1 is 1.44 bits per heavy atom. The molecule has 5 heteroatoms. The zero-order valence-corrected chi connectivity index (χ0v) is 10.1. The van der Waals surface area contributed by atoms with E-state index in [0.717, 1.165) is 18.5 Å². The Kier molecular flexibility index (Phi) is 4.04. The van der Waals surface area contributed by atoms with Gasteiger partial charge in [0.25, 0.3) is 0 Å². The zero-order chi connectivity index (χ0) is 12.2. The lowest BCUT2D eigenvalue weighted by molar-refractivity contribution is -0.137. The van der Waals surface area contributed by atoms with Crippen LogP contribution >= 0.6 is 0 Å². The lowest BCUT2D eigenvalue weighted by atomic mass is 10.1. The second kappa shape index (κ2) is 5.09. The van der Waals surface area contributed by atoms with Gasteiger partial charge in [-0.2, -0.15) is 0 Å². The third-order valence-corrected chi connectivity index (χ3v) is 2.30. The standard InChI is InChI=1S/C11H19N3O2/c1-11(2,3)14-8-9(12-13-14)6-4-5-7-10(15)16/h8H,4-7H2,1-3H3,(H,15,16). The zero-order valence-electron chi connectivity index (χ0n) is 10.1. The van der Waals surface area contributed by atoms with Gasteiger partial charge in [-0.25, -0.2) is 4.68 Å². The minimum Gasteiger partial charge on any atom is -0.481 e. The molecule has 0 fully saturated rings. The predicted octanol–water partition coefficient (Wildman–Crippen LogP) is 1.83. The van der Waals surface area contributed by atoms with Crippen LogP contribution < -0.4 is 0 Å². The molecule has 1 heterocycles. The van der Waals surface area contributed by atoms with Crippen molar-refractivity contribution in [3.63, 3.8) is 0 Å². The van der Waals surface area contributed by atoms with Gasteiger partial charge in [0.05, 0.1) is 11.2 Å². The Balaban J connectivity index is 2.38. The molecule has 0 saturated carbocycles. The first kappa shape index (κ1) is 12.7. The van der Waals surface area contributed by atoms with Gasteiger partial charge in [0.1, 0.15) is 0 Å². The summed E-state index contributed by atoms with van der Waals surface area (Å²) in [4.78, 5) is 10.3. The van der Waals surface area contributed by atoms with Crippen LogP contribution in [0.3, 0.4) is 0 Å². The monoisotopic (exact) mass is 225 g/mol. The van der Waals surface area contributed by atoms with Crippen molar-refractivity contribution in [2.45, 2.75) is 52.0 Å². The van der Waals surface area contributed by atoms with Gasteiger partial charge in [0.2, 0.25) is 0 Å². The highest BCUT2D eigenvalue weighted by Crippen LogP contribution is 2.12. The molecule has 1 N–H and O–H groups in total. The van der Waals surface area contributed by atoms with Crippen molar-refractivity contribution in [1.29, 1.82) is 0 Å². The molecule has 16 heavy (non-hydrogen) atoms. The smallest absolute Gasteiger partial charge is 0.303 e. The summed E-state index contributed by atoms with van der Waals surface area (Å²) >= 11 is 0. The molecule has 0 aliphatic rings. The molecule has 0 aromatic carbocycles. The number of aliphatic carboxylic acids is 1. The van der Waals surface area contributed by atoms with Gasteiger partial charge < -0.3 is 5.11 Å². The van der Waals surface area contributed by atoms with E-state index in [0.29, 0.717) is 6.42 Å². The summed E-state index contributed by atoms with van der Waals surface area (Å²) in [5.41, 5.74) is 0.882. The molecule has 1 aromatic rings. The first-order chi connectivity index (χ1) is 7.39. The molecule has 0 amide bonds. The van der Waals surface area contributed by atoms with Crippen molar-refractivity contribution in [2.75, 3.05) is 0 Å². The number of rotatable bonds is 5. The Bertz CT molecular complexity index is 352. The van der Waals surface area contributed by atoms with Crippen molar-refractivity contribution in [3.8, 4) is 0 Å². The van der Waals surface area contributed by atoms with E-state index in [-0.39, 0.29) is 12.0 Å². The maximum absolute atomic E-state index is 10.3. The number of unbranched alkanes of at least 4 members (excludes halogenated alkanes) is 1. The molecule has 0 atom stereocenters. The average molecular weight is 225 g/mol. The van der Waals surface area contributed by atoms with Crippen LogP contribution in [0.15, 0.2) is 6.20 Å². The predicted molar refractivity (Wildman–Crippen MR) is 60.2 cm³/mol. The summed E-state index contributed by atoms with van der Waals surface area (Å²) in [6, 6.07) is 0. The molecule has 0 radical (unpaired) electrons. The third kappa shape index (κ3) is 4.00. The van der Waals surface area contributed by atoms with Crippen LogP contribution in [0.25, 0.3) is 0 Å². The number of carboxylic acid groups (broad SMARTS) is 1. The van der Waals surface area contributed by atoms with E-state index < -0.39 is 5.97 Å². The Labute approximate surface area is 95.5 Å². The number of hydrogen-bond acceptors (Lipinski definition) is 3. The van der Waals surface area contributed by atoms with E-state index in [1.54, 1.807) is 0 Å². The molecule has 0 saturated heterocycles. The van der Waals surface area contributed by atoms with E-state index in [1.165, 1.54) is 0 Å². The topological polar surface area (TPSA) is 68.0 Å². The average Bonchev–Trinajstić information content (AvgIpc) is 2.59. The molecular formula is C11H19N3O2. The quantitative estimate of drug-likeness (QED) is 0.776. The SMILES string of the molecule is CC(C)(C)n1cc(CCCCC(=O)O)nn1. The van der Waals surface area contributed by atoms with Crippen molar-refractivity contribution in [2.24, 2.45) is 0 Å². The third-order valence-electron chi connectivity index (χ3n) is 2.30. The van der Waals surface area contributed by atoms with Gasteiger partial charge in [0.15, 0.2) is 0 Å². The van der Waals surface area contributed by atoms with Crippen LogP contribution in [-0.2, 0) is 16.8 Å². The minimum atomic E-state index is -0.738. The van der Waals surface area contributed by atoms with Gasteiger partial charge in [0, 0.05) is 12.6 Å². The van der Waals surface area contributed by atoms with E-state index in [2.05, 4.69) is 31.1 Å². The second-order valence-electron chi connectivity index (χ2n) is 4.93. The fraction of sp³-hybridized carbons (Fsp3) is 0.727. The van der Waals surface area contributed by atoms with Gasteiger partial charge in [-0.15, -0.1) is 5.10 Å². The minimum absolute atomic E-state index is 0.0493. The van der Waals surface area contributed by atoms with Crippen LogP contribution in [-0.4, -0.2) is 26.1 Å². The van der Waals surface area contributed by atoms with Gasteiger partial charge in [-0.3, -0.25) is 4.79 Å². The van der Waals surface area contributed by atoms with Crippen molar-refractivity contribution >= 4 is 5.97 Å². The molecule has 0 unspecified atom stereocenters. The lowest BCUT2D eigenvalue weighted by Crippen LogP contribution is -2.22. The number of carbonyl (C=O) groups is 1. The van der Waals surface area contributed by atoms with Crippen LogP contribution in [0.5, 0.6) is 0 Å². The van der Waals surface area contributed by atoms with Crippen molar-refractivity contribution in [1.82, 2.24) is 15.0 Å². The second-order valence-corrected chi connectivity index (χ2v) is 4.93. The fourth-order valence-electron chi connectivity index (χ4n) is 1.32. The maximum Gasteiger partial charge on any atom is 0.303 e. The molecule has 1 aromatic heterocycles. The molecule has 90 valence electrons. The summed E-state index contributed by atoms with van der Waals surface area (Å²) in [7, 11) is 0. The normalized spacial score (nSPS) is 11.7. The number of nitrogens with zero attached hydrogens (tertiary/aromatic N) is 3. The Hall–Kier alpha value is -1.39. The maximum atomic E-state index is 10.3. The highest BCUT2D eigenvalue weighted by atomic mass is 16.4.